The monoisotopic (exact) mass is 1270 g/mol. The predicted octanol–water partition coefficient (Wildman–Crippen LogP) is 28.1. The summed E-state index contributed by atoms with van der Waals surface area (Å²) < 4.78 is 5.50. The molecule has 0 fully saturated rings. The number of aliphatic hydroxyl groups is 2. The molecule has 2 unspecified atom stereocenters. The smallest absolute Gasteiger partial charge is 0.305 e. The Morgan fingerprint density at radius 1 is 0.267 bits per heavy atom. The number of unbranched alkanes of at least 4 members (excludes halogenated alkanes) is 70. The van der Waals surface area contributed by atoms with Crippen LogP contribution in [-0.4, -0.2) is 47.4 Å². The maximum absolute atomic E-state index is 12.6. The largest absolute Gasteiger partial charge is 0.466 e. The van der Waals surface area contributed by atoms with E-state index in [0.29, 0.717) is 25.9 Å². The topological polar surface area (TPSA) is 95.9 Å². The van der Waals surface area contributed by atoms with Gasteiger partial charge in [0, 0.05) is 12.8 Å². The van der Waals surface area contributed by atoms with Crippen LogP contribution in [0.2, 0.25) is 0 Å². The van der Waals surface area contributed by atoms with Crippen LogP contribution in [0.3, 0.4) is 0 Å². The summed E-state index contributed by atoms with van der Waals surface area (Å²) in [5, 5.41) is 23.5. The number of amides is 1. The lowest BCUT2D eigenvalue weighted by molar-refractivity contribution is -0.143. The third kappa shape index (κ3) is 75.9. The number of hydrogen-bond donors (Lipinski definition) is 3. The second-order valence-electron chi connectivity index (χ2n) is 29.5. The molecule has 0 aliphatic carbocycles. The van der Waals surface area contributed by atoms with Crippen LogP contribution in [0.4, 0.5) is 0 Å². The summed E-state index contributed by atoms with van der Waals surface area (Å²) in [5.41, 5.74) is 0. The molecule has 0 heterocycles. The molecule has 0 aromatic heterocycles. The second kappa shape index (κ2) is 80.3. The average molecular weight is 1270 g/mol. The number of nitrogens with one attached hydrogen (secondary N) is 1. The molecule has 6 nitrogen and oxygen atoms in total. The van der Waals surface area contributed by atoms with Crippen LogP contribution in [0, 0.1) is 0 Å². The van der Waals surface area contributed by atoms with Gasteiger partial charge >= 0.3 is 5.97 Å². The van der Waals surface area contributed by atoms with Gasteiger partial charge in [-0.1, -0.05) is 463 Å². The summed E-state index contributed by atoms with van der Waals surface area (Å²) >= 11 is 0. The number of hydrogen-bond acceptors (Lipinski definition) is 5. The van der Waals surface area contributed by atoms with Crippen molar-refractivity contribution in [3.05, 3.63) is 0 Å². The lowest BCUT2D eigenvalue weighted by atomic mass is 10.0. The van der Waals surface area contributed by atoms with Gasteiger partial charge in [-0.3, -0.25) is 9.59 Å². The molecule has 0 radical (unpaired) electrons. The Balaban J connectivity index is 3.29. The van der Waals surface area contributed by atoms with Crippen LogP contribution in [-0.2, 0) is 14.3 Å². The first-order valence-electron chi connectivity index (χ1n) is 42.3. The Morgan fingerprint density at radius 2 is 0.456 bits per heavy atom. The van der Waals surface area contributed by atoms with E-state index in [0.717, 1.165) is 38.5 Å². The summed E-state index contributed by atoms with van der Waals surface area (Å²) in [6, 6.07) is -0.537. The number of ether oxygens (including phenoxy) is 1. The van der Waals surface area contributed by atoms with Crippen molar-refractivity contribution in [3.8, 4) is 0 Å². The van der Waals surface area contributed by atoms with Gasteiger partial charge in [-0.05, 0) is 25.7 Å². The lowest BCUT2D eigenvalue weighted by Gasteiger charge is -2.22. The van der Waals surface area contributed by atoms with Crippen molar-refractivity contribution in [2.75, 3.05) is 13.2 Å². The molecule has 0 rings (SSSR count). The summed E-state index contributed by atoms with van der Waals surface area (Å²) in [4.78, 5) is 24.6. The van der Waals surface area contributed by atoms with E-state index >= 15 is 0 Å². The van der Waals surface area contributed by atoms with Crippen LogP contribution in [0.5, 0.6) is 0 Å². The molecule has 0 spiro atoms. The van der Waals surface area contributed by atoms with Crippen LogP contribution in [0.25, 0.3) is 0 Å². The van der Waals surface area contributed by atoms with E-state index < -0.39 is 12.1 Å². The number of carbonyl (C=O) groups is 2. The molecule has 0 aliphatic rings. The van der Waals surface area contributed by atoms with Gasteiger partial charge in [0.2, 0.25) is 5.91 Å². The molecule has 0 saturated carbocycles. The van der Waals surface area contributed by atoms with Crippen molar-refractivity contribution in [2.45, 2.75) is 514 Å². The molecule has 1 amide bonds. The Bertz CT molecular complexity index is 1320. The van der Waals surface area contributed by atoms with E-state index in [4.69, 9.17) is 4.74 Å². The molecular weight excluding hydrogens is 1100 g/mol. The average Bonchev–Trinajstić information content (AvgIpc) is 3.55. The molecule has 3 N–H and O–H groups in total. The first-order valence-corrected chi connectivity index (χ1v) is 42.3. The van der Waals surface area contributed by atoms with Gasteiger partial charge < -0.3 is 20.3 Å². The quantitative estimate of drug-likeness (QED) is 0.0417. The molecule has 0 aromatic carbocycles. The minimum atomic E-state index is -0.660. The molecule has 0 bridgehead atoms. The highest BCUT2D eigenvalue weighted by Crippen LogP contribution is 2.21. The van der Waals surface area contributed by atoms with Crippen LogP contribution in [0.15, 0.2) is 0 Å². The summed E-state index contributed by atoms with van der Waals surface area (Å²) in [7, 11) is 0. The van der Waals surface area contributed by atoms with Crippen LogP contribution < -0.4 is 5.32 Å². The first kappa shape index (κ1) is 88.9. The van der Waals surface area contributed by atoms with Crippen molar-refractivity contribution in [1.29, 1.82) is 0 Å². The molecule has 0 aliphatic heterocycles. The van der Waals surface area contributed by atoms with Crippen LogP contribution in [0.1, 0.15) is 502 Å². The summed E-state index contributed by atoms with van der Waals surface area (Å²) in [6.45, 7) is 5.02. The SMILES string of the molecule is CCCCCCCCCCCCCCCCCCCCCCCC(O)C(CO)NC(=O)CCCCCCCCCCCCCCCCCCCCCCCCCCCCCCCCCCCCCCCCCOC(=O)CCCCCCCCCCCCCCC. The van der Waals surface area contributed by atoms with Crippen molar-refractivity contribution < 1.29 is 24.5 Å². The molecule has 538 valence electrons. The molecule has 0 saturated heterocycles. The lowest BCUT2D eigenvalue weighted by Crippen LogP contribution is -2.45. The van der Waals surface area contributed by atoms with Crippen LogP contribution >= 0.6 is 0 Å². The Kier molecular flexibility index (Phi) is 79.3. The van der Waals surface area contributed by atoms with Crippen molar-refractivity contribution in [2.24, 2.45) is 0 Å². The van der Waals surface area contributed by atoms with E-state index in [1.165, 1.54) is 430 Å². The number of rotatable bonds is 81. The third-order valence-corrected chi connectivity index (χ3v) is 20.4. The number of aliphatic hydroxyl groups excluding tert-OH is 2. The van der Waals surface area contributed by atoms with E-state index in [9.17, 15) is 19.8 Å². The normalized spacial score (nSPS) is 12.4. The zero-order valence-electron chi connectivity index (χ0n) is 61.9. The van der Waals surface area contributed by atoms with E-state index in [1.54, 1.807) is 0 Å². The van der Waals surface area contributed by atoms with Gasteiger partial charge in [0.1, 0.15) is 0 Å². The first-order chi connectivity index (χ1) is 44.5. The molecule has 0 aromatic rings. The Labute approximate surface area is 566 Å². The molecular formula is C84H167NO5. The molecule has 6 heteroatoms. The minimum absolute atomic E-state index is 0.0225. The van der Waals surface area contributed by atoms with Gasteiger partial charge in [-0.2, -0.15) is 0 Å². The number of carbonyl (C=O) groups excluding carboxylic acids is 2. The fourth-order valence-corrected chi connectivity index (χ4v) is 14.0. The fraction of sp³-hybridized carbons (Fsp3) is 0.976. The Morgan fingerprint density at radius 3 is 0.678 bits per heavy atom. The van der Waals surface area contributed by atoms with E-state index in [1.807, 2.05) is 0 Å². The second-order valence-corrected chi connectivity index (χ2v) is 29.5. The van der Waals surface area contributed by atoms with Crippen molar-refractivity contribution in [3.63, 3.8) is 0 Å². The van der Waals surface area contributed by atoms with Crippen molar-refractivity contribution >= 4 is 11.9 Å². The maximum Gasteiger partial charge on any atom is 0.305 e. The van der Waals surface area contributed by atoms with E-state index in [-0.39, 0.29) is 18.5 Å². The zero-order chi connectivity index (χ0) is 64.9. The summed E-state index contributed by atoms with van der Waals surface area (Å²) in [5.74, 6) is 0.00455. The molecule has 2 atom stereocenters. The van der Waals surface area contributed by atoms with Gasteiger partial charge in [0.25, 0.3) is 0 Å². The van der Waals surface area contributed by atoms with Gasteiger partial charge in [-0.15, -0.1) is 0 Å². The maximum atomic E-state index is 12.6. The van der Waals surface area contributed by atoms with Gasteiger partial charge in [-0.25, -0.2) is 0 Å². The third-order valence-electron chi connectivity index (χ3n) is 20.4. The fourth-order valence-electron chi connectivity index (χ4n) is 14.0. The molecule has 90 heavy (non-hydrogen) atoms. The minimum Gasteiger partial charge on any atom is -0.466 e. The zero-order valence-corrected chi connectivity index (χ0v) is 61.9. The predicted molar refractivity (Wildman–Crippen MR) is 398 cm³/mol. The standard InChI is InChI=1S/C84H167NO5/c1-3-5-7-9-11-13-15-17-18-19-20-40-43-46-49-53-56-60-64-68-72-76-82(87)81(80-86)85-83(88)77-73-69-65-61-57-54-50-47-44-41-38-36-34-32-30-28-26-24-22-21-23-25-27-29-31-33-35-37-39-42-45-48-51-55-59-63-67-71-75-79-90-84(89)78-74-70-66-62-58-52-16-14-12-10-8-6-4-2/h81-82,86-87H,3-80H2,1-2H3,(H,85,88). The van der Waals surface area contributed by atoms with Crippen molar-refractivity contribution in [1.82, 2.24) is 5.32 Å². The van der Waals surface area contributed by atoms with Gasteiger partial charge in [0.15, 0.2) is 0 Å². The van der Waals surface area contributed by atoms with E-state index in [2.05, 4.69) is 19.2 Å². The highest BCUT2D eigenvalue weighted by Gasteiger charge is 2.20. The highest BCUT2D eigenvalue weighted by molar-refractivity contribution is 5.76. The number of esters is 1. The highest BCUT2D eigenvalue weighted by atomic mass is 16.5. The summed E-state index contributed by atoms with van der Waals surface area (Å²) in [6.07, 6.45) is 101. The van der Waals surface area contributed by atoms with Gasteiger partial charge in [0.05, 0.1) is 25.4 Å². The Hall–Kier alpha value is -1.14.